The quantitative estimate of drug-likeness (QED) is 0.367. The van der Waals surface area contributed by atoms with E-state index in [0.29, 0.717) is 24.1 Å². The minimum atomic E-state index is -0.514. The van der Waals surface area contributed by atoms with Crippen LogP contribution in [0.4, 0.5) is 5.69 Å². The lowest BCUT2D eigenvalue weighted by atomic mass is 10.1. The fourth-order valence-corrected chi connectivity index (χ4v) is 1.35. The van der Waals surface area contributed by atoms with E-state index in [1.165, 1.54) is 12.1 Å². The molecule has 1 amide bonds. The summed E-state index contributed by atoms with van der Waals surface area (Å²) in [5.74, 6) is -0.298. The fraction of sp³-hybridized carbons (Fsp3) is 0.250. The second-order valence-corrected chi connectivity index (χ2v) is 3.59. The van der Waals surface area contributed by atoms with E-state index in [4.69, 9.17) is 0 Å². The van der Waals surface area contributed by atoms with Gasteiger partial charge in [0, 0.05) is 24.2 Å². The number of carbonyl (C=O) groups is 1. The molecule has 90 valence electrons. The molecular weight excluding hydrogens is 220 g/mol. The third kappa shape index (κ3) is 3.41. The molecule has 1 N–H and O–H groups in total. The molecule has 5 heteroatoms. The highest BCUT2D eigenvalue weighted by Gasteiger charge is 2.13. The van der Waals surface area contributed by atoms with Crippen molar-refractivity contribution in [3.63, 3.8) is 0 Å². The molecule has 1 aromatic carbocycles. The average Bonchev–Trinajstić information content (AvgIpc) is 2.29. The number of hydrogen-bond acceptors (Lipinski definition) is 3. The Kier molecular flexibility index (Phi) is 4.39. The van der Waals surface area contributed by atoms with Gasteiger partial charge in [-0.1, -0.05) is 12.1 Å². The number of non-ortho nitro benzene ring substituents is 1. The van der Waals surface area contributed by atoms with Gasteiger partial charge in [-0.05, 0) is 18.9 Å². The number of nitrogens with one attached hydrogen (secondary N) is 1. The lowest BCUT2D eigenvalue weighted by molar-refractivity contribution is -0.384. The van der Waals surface area contributed by atoms with Crippen molar-refractivity contribution in [2.45, 2.75) is 13.3 Å². The van der Waals surface area contributed by atoms with Crippen LogP contribution < -0.4 is 5.32 Å². The third-order valence-corrected chi connectivity index (χ3v) is 2.31. The smallest absolute Gasteiger partial charge is 0.270 e. The van der Waals surface area contributed by atoms with Crippen LogP contribution >= 0.6 is 0 Å². The van der Waals surface area contributed by atoms with Gasteiger partial charge < -0.3 is 5.32 Å². The number of nitro groups is 1. The molecule has 0 fully saturated rings. The second kappa shape index (κ2) is 5.79. The summed E-state index contributed by atoms with van der Waals surface area (Å²) in [6, 6.07) is 4.25. The molecule has 0 unspecified atom stereocenters. The minimum absolute atomic E-state index is 0.0792. The van der Waals surface area contributed by atoms with Crippen LogP contribution in [0.25, 0.3) is 0 Å². The van der Waals surface area contributed by atoms with Gasteiger partial charge in [0.2, 0.25) is 0 Å². The van der Waals surface area contributed by atoms with Gasteiger partial charge in [-0.15, -0.1) is 6.58 Å². The number of nitrogens with zero attached hydrogens (tertiary/aromatic N) is 1. The first kappa shape index (κ1) is 12.9. The summed E-state index contributed by atoms with van der Waals surface area (Å²) in [6.07, 6.45) is 2.36. The highest BCUT2D eigenvalue weighted by Crippen LogP contribution is 2.17. The van der Waals surface area contributed by atoms with Crippen LogP contribution in [0.15, 0.2) is 30.9 Å². The Morgan fingerprint density at radius 1 is 1.59 bits per heavy atom. The summed E-state index contributed by atoms with van der Waals surface area (Å²) in [5, 5.41) is 13.3. The van der Waals surface area contributed by atoms with Crippen LogP contribution in [0, 0.1) is 17.0 Å². The maximum Gasteiger partial charge on any atom is 0.270 e. The van der Waals surface area contributed by atoms with Gasteiger partial charge in [0.05, 0.1) is 4.92 Å². The molecule has 0 aliphatic heterocycles. The predicted octanol–water partition coefficient (Wildman–Crippen LogP) is 2.21. The molecule has 0 aromatic heterocycles. The largest absolute Gasteiger partial charge is 0.352 e. The molecule has 0 aliphatic rings. The normalized spacial score (nSPS) is 9.71. The van der Waals surface area contributed by atoms with Gasteiger partial charge in [0.1, 0.15) is 0 Å². The number of rotatable bonds is 5. The molecular formula is C12H14N2O3. The van der Waals surface area contributed by atoms with Crippen LogP contribution in [0.5, 0.6) is 0 Å². The Labute approximate surface area is 99.3 Å². The molecule has 0 heterocycles. The van der Waals surface area contributed by atoms with E-state index in [1.807, 2.05) is 0 Å². The van der Waals surface area contributed by atoms with Gasteiger partial charge >= 0.3 is 0 Å². The topological polar surface area (TPSA) is 72.2 Å². The van der Waals surface area contributed by atoms with Gasteiger partial charge in [-0.2, -0.15) is 0 Å². The molecule has 5 nitrogen and oxygen atoms in total. The first-order valence-electron chi connectivity index (χ1n) is 5.20. The minimum Gasteiger partial charge on any atom is -0.352 e. The average molecular weight is 234 g/mol. The van der Waals surface area contributed by atoms with Gasteiger partial charge in [0.25, 0.3) is 11.6 Å². The maximum absolute atomic E-state index is 11.7. The summed E-state index contributed by atoms with van der Waals surface area (Å²) >= 11 is 0. The van der Waals surface area contributed by atoms with Crippen molar-refractivity contribution in [1.29, 1.82) is 0 Å². The first-order valence-corrected chi connectivity index (χ1v) is 5.20. The van der Waals surface area contributed by atoms with Crippen LogP contribution in [-0.2, 0) is 0 Å². The molecule has 0 radical (unpaired) electrons. The van der Waals surface area contributed by atoms with E-state index in [2.05, 4.69) is 11.9 Å². The van der Waals surface area contributed by atoms with E-state index >= 15 is 0 Å². The second-order valence-electron chi connectivity index (χ2n) is 3.59. The Morgan fingerprint density at radius 3 is 2.88 bits per heavy atom. The van der Waals surface area contributed by atoms with E-state index in [0.717, 1.165) is 0 Å². The lowest BCUT2D eigenvalue weighted by Crippen LogP contribution is -2.24. The van der Waals surface area contributed by atoms with Gasteiger partial charge in [0.15, 0.2) is 0 Å². The Morgan fingerprint density at radius 2 is 2.29 bits per heavy atom. The predicted molar refractivity (Wildman–Crippen MR) is 65.0 cm³/mol. The Hall–Kier alpha value is -2.17. The molecule has 1 rings (SSSR count). The SMILES string of the molecule is C=CCCNC(=O)c1cc([N+](=O)[O-])ccc1C. The number of nitro benzene ring substituents is 1. The summed E-state index contributed by atoms with van der Waals surface area (Å²) in [5.41, 5.74) is 0.972. The van der Waals surface area contributed by atoms with E-state index < -0.39 is 4.92 Å². The van der Waals surface area contributed by atoms with Crippen molar-refractivity contribution >= 4 is 11.6 Å². The number of hydrogen-bond donors (Lipinski definition) is 1. The van der Waals surface area contributed by atoms with E-state index in [-0.39, 0.29) is 11.6 Å². The summed E-state index contributed by atoms with van der Waals surface area (Å²) in [7, 11) is 0. The standard InChI is InChI=1S/C12H14N2O3/c1-3-4-7-13-12(15)11-8-10(14(16)17)6-5-9(11)2/h3,5-6,8H,1,4,7H2,2H3,(H,13,15). The fourth-order valence-electron chi connectivity index (χ4n) is 1.35. The first-order chi connectivity index (χ1) is 8.06. The Balaban J connectivity index is 2.88. The van der Waals surface area contributed by atoms with Gasteiger partial charge in [-0.25, -0.2) is 0 Å². The van der Waals surface area contributed by atoms with Crippen LogP contribution in [0.2, 0.25) is 0 Å². The highest BCUT2D eigenvalue weighted by molar-refractivity contribution is 5.96. The third-order valence-electron chi connectivity index (χ3n) is 2.31. The number of aryl methyl sites for hydroxylation is 1. The molecule has 0 spiro atoms. The van der Waals surface area contributed by atoms with E-state index in [1.54, 1.807) is 19.1 Å². The van der Waals surface area contributed by atoms with Crippen LogP contribution in [-0.4, -0.2) is 17.4 Å². The Bertz CT molecular complexity index is 455. The van der Waals surface area contributed by atoms with Crippen molar-refractivity contribution in [3.8, 4) is 0 Å². The zero-order valence-corrected chi connectivity index (χ0v) is 9.60. The zero-order valence-electron chi connectivity index (χ0n) is 9.60. The van der Waals surface area contributed by atoms with Crippen LogP contribution in [0.1, 0.15) is 22.3 Å². The van der Waals surface area contributed by atoms with Gasteiger partial charge in [-0.3, -0.25) is 14.9 Å². The number of carbonyl (C=O) groups excluding carboxylic acids is 1. The summed E-state index contributed by atoms with van der Waals surface area (Å²) < 4.78 is 0. The molecule has 0 saturated heterocycles. The molecule has 0 saturated carbocycles. The molecule has 0 bridgehead atoms. The zero-order chi connectivity index (χ0) is 12.8. The monoisotopic (exact) mass is 234 g/mol. The number of amides is 1. The molecule has 0 atom stereocenters. The van der Waals surface area contributed by atoms with Crippen molar-refractivity contribution in [2.75, 3.05) is 6.54 Å². The van der Waals surface area contributed by atoms with Crippen molar-refractivity contribution < 1.29 is 9.72 Å². The lowest BCUT2D eigenvalue weighted by Gasteiger charge is -2.06. The number of benzene rings is 1. The molecule has 17 heavy (non-hydrogen) atoms. The van der Waals surface area contributed by atoms with Crippen molar-refractivity contribution in [1.82, 2.24) is 5.32 Å². The molecule has 0 aliphatic carbocycles. The maximum atomic E-state index is 11.7. The highest BCUT2D eigenvalue weighted by atomic mass is 16.6. The van der Waals surface area contributed by atoms with Crippen molar-refractivity contribution in [3.05, 3.63) is 52.1 Å². The summed E-state index contributed by atoms with van der Waals surface area (Å²) in [4.78, 5) is 21.8. The van der Waals surface area contributed by atoms with Crippen LogP contribution in [0.3, 0.4) is 0 Å². The van der Waals surface area contributed by atoms with Crippen molar-refractivity contribution in [2.24, 2.45) is 0 Å². The summed E-state index contributed by atoms with van der Waals surface area (Å²) in [6.45, 7) is 5.76. The van der Waals surface area contributed by atoms with E-state index in [9.17, 15) is 14.9 Å². The molecule has 1 aromatic rings.